The first-order chi connectivity index (χ1) is 15.1. The SMILES string of the molecule is C/C(=C\c1ccc(C(=O)Oc2ccc(C(=N)N)cc2)o1)C(=O)N[C@@H](CCC(=O)O)C(=O)O. The second kappa shape index (κ2) is 10.6. The lowest BCUT2D eigenvalue weighted by atomic mass is 10.1. The first kappa shape index (κ1) is 23.9. The van der Waals surface area contributed by atoms with E-state index in [-0.39, 0.29) is 35.1 Å². The Morgan fingerprint density at radius 2 is 1.81 bits per heavy atom. The molecule has 0 fully saturated rings. The molecule has 11 nitrogen and oxygen atoms in total. The molecule has 6 N–H and O–H groups in total. The molecule has 0 radical (unpaired) electrons. The van der Waals surface area contributed by atoms with Gasteiger partial charge in [-0.05, 0) is 55.8 Å². The van der Waals surface area contributed by atoms with Gasteiger partial charge in [0.15, 0.2) is 0 Å². The van der Waals surface area contributed by atoms with E-state index < -0.39 is 36.3 Å². The number of carbonyl (C=O) groups excluding carboxylic acids is 2. The third-order valence-corrected chi connectivity index (χ3v) is 4.17. The Bertz CT molecular complexity index is 1070. The van der Waals surface area contributed by atoms with Crippen LogP contribution in [0, 0.1) is 5.41 Å². The standard InChI is InChI=1S/C21H21N3O8/c1-11(19(27)24-15(20(28)29)7-9-17(25)26)10-14-6-8-16(31-14)21(30)32-13-4-2-12(3-5-13)18(22)23/h2-6,8,10,15H,7,9H2,1H3,(H3,22,23)(H,24,27)(H,25,26)(H,28,29)/b11-10+/t15-/m0/s1. The molecular weight excluding hydrogens is 422 g/mol. The third kappa shape index (κ3) is 6.83. The van der Waals surface area contributed by atoms with Crippen molar-refractivity contribution in [2.45, 2.75) is 25.8 Å². The van der Waals surface area contributed by atoms with E-state index in [0.717, 1.165) is 0 Å². The topological polar surface area (TPSA) is 193 Å². The van der Waals surface area contributed by atoms with Gasteiger partial charge in [-0.25, -0.2) is 9.59 Å². The number of furan rings is 1. The minimum atomic E-state index is -1.36. The number of amidine groups is 1. The summed E-state index contributed by atoms with van der Waals surface area (Å²) in [6.07, 6.45) is 0.610. The second-order valence-electron chi connectivity index (χ2n) is 6.65. The van der Waals surface area contributed by atoms with Crippen LogP contribution in [0.15, 0.2) is 46.4 Å². The molecule has 168 valence electrons. The van der Waals surface area contributed by atoms with Gasteiger partial charge in [0.1, 0.15) is 23.4 Å². The van der Waals surface area contributed by atoms with Crippen LogP contribution >= 0.6 is 0 Å². The molecule has 1 aromatic carbocycles. The smallest absolute Gasteiger partial charge is 0.379 e. The molecule has 2 aromatic rings. The Morgan fingerprint density at radius 3 is 2.38 bits per heavy atom. The van der Waals surface area contributed by atoms with Crippen LogP contribution in [0.3, 0.4) is 0 Å². The Morgan fingerprint density at radius 1 is 1.16 bits per heavy atom. The van der Waals surface area contributed by atoms with E-state index in [2.05, 4.69) is 5.32 Å². The molecule has 0 aliphatic heterocycles. The van der Waals surface area contributed by atoms with Crippen molar-refractivity contribution in [2.24, 2.45) is 5.73 Å². The minimum Gasteiger partial charge on any atom is -0.481 e. The summed E-state index contributed by atoms with van der Waals surface area (Å²) in [5, 5.41) is 27.4. The maximum atomic E-state index is 12.2. The van der Waals surface area contributed by atoms with E-state index >= 15 is 0 Å². The van der Waals surface area contributed by atoms with Crippen molar-refractivity contribution in [2.75, 3.05) is 0 Å². The fourth-order valence-electron chi connectivity index (χ4n) is 2.48. The van der Waals surface area contributed by atoms with Gasteiger partial charge in [-0.2, -0.15) is 0 Å². The van der Waals surface area contributed by atoms with Gasteiger partial charge >= 0.3 is 17.9 Å². The number of nitrogen functional groups attached to an aromatic ring is 1. The molecule has 1 atom stereocenters. The van der Waals surface area contributed by atoms with Gasteiger partial charge in [0.25, 0.3) is 0 Å². The highest BCUT2D eigenvalue weighted by molar-refractivity contribution is 5.99. The molecule has 0 aliphatic rings. The molecule has 0 saturated heterocycles. The molecule has 0 spiro atoms. The van der Waals surface area contributed by atoms with Crippen LogP contribution in [0.1, 0.15) is 41.6 Å². The largest absolute Gasteiger partial charge is 0.481 e. The number of nitrogens with two attached hydrogens (primary N) is 1. The Labute approximate surface area is 182 Å². The molecule has 32 heavy (non-hydrogen) atoms. The summed E-state index contributed by atoms with van der Waals surface area (Å²) < 4.78 is 10.5. The number of aliphatic carboxylic acids is 2. The van der Waals surface area contributed by atoms with Gasteiger partial charge in [-0.15, -0.1) is 0 Å². The number of esters is 1. The predicted octanol–water partition coefficient (Wildman–Crippen LogP) is 1.62. The molecule has 11 heteroatoms. The van der Waals surface area contributed by atoms with E-state index in [4.69, 9.17) is 30.5 Å². The molecule has 0 unspecified atom stereocenters. The fraction of sp³-hybridized carbons (Fsp3) is 0.190. The van der Waals surface area contributed by atoms with Crippen LogP contribution in [-0.4, -0.2) is 45.9 Å². The van der Waals surface area contributed by atoms with Crippen LogP contribution in [-0.2, 0) is 14.4 Å². The summed E-state index contributed by atoms with van der Waals surface area (Å²) in [5.41, 5.74) is 5.92. The van der Waals surface area contributed by atoms with Gasteiger partial charge in [-0.1, -0.05) is 0 Å². The van der Waals surface area contributed by atoms with Gasteiger partial charge in [0, 0.05) is 17.6 Å². The lowest BCUT2D eigenvalue weighted by Crippen LogP contribution is -2.41. The zero-order valence-corrected chi connectivity index (χ0v) is 17.0. The number of hydrogen-bond acceptors (Lipinski definition) is 7. The average molecular weight is 443 g/mol. The average Bonchev–Trinajstić information content (AvgIpc) is 3.19. The number of nitrogens with one attached hydrogen (secondary N) is 2. The highest BCUT2D eigenvalue weighted by Gasteiger charge is 2.22. The number of rotatable bonds is 10. The monoisotopic (exact) mass is 443 g/mol. The Balaban J connectivity index is 2.02. The summed E-state index contributed by atoms with van der Waals surface area (Å²) >= 11 is 0. The van der Waals surface area contributed by atoms with Crippen molar-refractivity contribution in [3.05, 3.63) is 59.1 Å². The Kier molecular flexibility index (Phi) is 7.88. The molecule has 2 rings (SSSR count). The summed E-state index contributed by atoms with van der Waals surface area (Å²) in [4.78, 5) is 46.2. The number of hydrogen-bond donors (Lipinski definition) is 5. The van der Waals surface area contributed by atoms with Crippen LogP contribution < -0.4 is 15.8 Å². The first-order valence-electron chi connectivity index (χ1n) is 9.27. The van der Waals surface area contributed by atoms with Crippen LogP contribution in [0.2, 0.25) is 0 Å². The summed E-state index contributed by atoms with van der Waals surface area (Å²) in [7, 11) is 0. The number of benzene rings is 1. The third-order valence-electron chi connectivity index (χ3n) is 4.17. The van der Waals surface area contributed by atoms with Crippen molar-refractivity contribution in [3.8, 4) is 5.75 Å². The summed E-state index contributed by atoms with van der Waals surface area (Å²) in [6, 6.07) is 7.38. The molecule has 0 aliphatic carbocycles. The lowest BCUT2D eigenvalue weighted by molar-refractivity contribution is -0.142. The van der Waals surface area contributed by atoms with Gasteiger partial charge < -0.3 is 30.4 Å². The van der Waals surface area contributed by atoms with Crippen molar-refractivity contribution in [3.63, 3.8) is 0 Å². The number of carboxylic acids is 2. The van der Waals surface area contributed by atoms with E-state index in [0.29, 0.717) is 5.56 Å². The minimum absolute atomic E-state index is 0.0839. The molecule has 0 saturated carbocycles. The maximum Gasteiger partial charge on any atom is 0.379 e. The number of carbonyl (C=O) groups is 4. The summed E-state index contributed by atoms with van der Waals surface area (Å²) in [5.74, 6) is -3.95. The van der Waals surface area contributed by atoms with E-state index in [9.17, 15) is 19.2 Å². The molecular formula is C21H21N3O8. The normalized spacial score (nSPS) is 12.0. The zero-order valence-electron chi connectivity index (χ0n) is 17.0. The van der Waals surface area contributed by atoms with Crippen LogP contribution in [0.5, 0.6) is 5.75 Å². The first-order valence-corrected chi connectivity index (χ1v) is 9.27. The number of ether oxygens (including phenoxy) is 1. The van der Waals surface area contributed by atoms with Crippen molar-refractivity contribution in [1.82, 2.24) is 5.32 Å². The molecule has 1 aromatic heterocycles. The van der Waals surface area contributed by atoms with Gasteiger partial charge in [0.05, 0.1) is 0 Å². The van der Waals surface area contributed by atoms with Crippen molar-refractivity contribution in [1.29, 1.82) is 5.41 Å². The van der Waals surface area contributed by atoms with Crippen LogP contribution in [0.25, 0.3) is 6.08 Å². The summed E-state index contributed by atoms with van der Waals surface area (Å²) in [6.45, 7) is 1.41. The van der Waals surface area contributed by atoms with E-state index in [1.807, 2.05) is 0 Å². The van der Waals surface area contributed by atoms with E-state index in [1.165, 1.54) is 49.4 Å². The Hall–Kier alpha value is -4.41. The second-order valence-corrected chi connectivity index (χ2v) is 6.65. The maximum absolute atomic E-state index is 12.2. The fourth-order valence-corrected chi connectivity index (χ4v) is 2.48. The zero-order chi connectivity index (χ0) is 23.8. The lowest BCUT2D eigenvalue weighted by Gasteiger charge is -2.13. The quantitative estimate of drug-likeness (QED) is 0.119. The molecule has 0 bridgehead atoms. The highest BCUT2D eigenvalue weighted by atomic mass is 16.5. The molecule has 1 amide bonds. The molecule has 1 heterocycles. The highest BCUT2D eigenvalue weighted by Crippen LogP contribution is 2.17. The van der Waals surface area contributed by atoms with Crippen molar-refractivity contribution >= 4 is 35.7 Å². The van der Waals surface area contributed by atoms with Gasteiger partial charge in [0.2, 0.25) is 11.7 Å². The number of amides is 1. The van der Waals surface area contributed by atoms with Crippen LogP contribution in [0.4, 0.5) is 0 Å². The van der Waals surface area contributed by atoms with Crippen molar-refractivity contribution < 1.29 is 38.5 Å². The number of carboxylic acid groups (broad SMARTS) is 2. The van der Waals surface area contributed by atoms with Gasteiger partial charge in [-0.3, -0.25) is 15.0 Å². The van der Waals surface area contributed by atoms with E-state index in [1.54, 1.807) is 0 Å². The predicted molar refractivity (Wildman–Crippen MR) is 111 cm³/mol.